The molecule has 1 heterocycles. The number of alkyl halides is 3. The maximum atomic E-state index is 12.8. The second-order valence-corrected chi connectivity index (χ2v) is 4.84. The Labute approximate surface area is 134 Å². The summed E-state index contributed by atoms with van der Waals surface area (Å²) < 4.78 is 43.5. The Morgan fingerprint density at radius 3 is 2.65 bits per heavy atom. The highest BCUT2D eigenvalue weighted by Gasteiger charge is 2.34. The Bertz CT molecular complexity index is 492. The molecule has 23 heavy (non-hydrogen) atoms. The highest BCUT2D eigenvalue weighted by molar-refractivity contribution is 5.79. The third-order valence-electron chi connectivity index (χ3n) is 3.01. The molecule has 0 amide bonds. The predicted octanol–water partition coefficient (Wildman–Crippen LogP) is 2.83. The molecule has 8 heteroatoms. The SMILES string of the molecule is CCCCCNC(=NC)NCCOc1ncccc1C(F)(F)F. The molecule has 0 aromatic carbocycles. The summed E-state index contributed by atoms with van der Waals surface area (Å²) in [4.78, 5) is 7.67. The summed E-state index contributed by atoms with van der Waals surface area (Å²) in [7, 11) is 1.64. The normalized spacial score (nSPS) is 12.1. The number of ether oxygens (including phenoxy) is 1. The first-order chi connectivity index (χ1) is 11.0. The molecule has 5 nitrogen and oxygen atoms in total. The van der Waals surface area contributed by atoms with Crippen LogP contribution >= 0.6 is 0 Å². The first-order valence-electron chi connectivity index (χ1n) is 7.58. The zero-order valence-electron chi connectivity index (χ0n) is 13.4. The van der Waals surface area contributed by atoms with Crippen molar-refractivity contribution in [2.75, 3.05) is 26.7 Å². The van der Waals surface area contributed by atoms with Crippen molar-refractivity contribution >= 4 is 5.96 Å². The average Bonchev–Trinajstić information content (AvgIpc) is 2.53. The third-order valence-corrected chi connectivity index (χ3v) is 3.01. The van der Waals surface area contributed by atoms with Gasteiger partial charge in [-0.25, -0.2) is 4.98 Å². The number of aromatic nitrogens is 1. The highest BCUT2D eigenvalue weighted by Crippen LogP contribution is 2.34. The second kappa shape index (κ2) is 9.91. The fourth-order valence-corrected chi connectivity index (χ4v) is 1.84. The van der Waals surface area contributed by atoms with Gasteiger partial charge in [-0.05, 0) is 18.6 Å². The van der Waals surface area contributed by atoms with Crippen molar-refractivity contribution in [1.82, 2.24) is 15.6 Å². The summed E-state index contributed by atoms with van der Waals surface area (Å²) in [6.45, 7) is 3.29. The van der Waals surface area contributed by atoms with Gasteiger partial charge in [0.2, 0.25) is 5.88 Å². The number of rotatable bonds is 8. The number of halogens is 3. The molecule has 0 unspecified atom stereocenters. The van der Waals surface area contributed by atoms with Crippen molar-refractivity contribution in [3.8, 4) is 5.88 Å². The van der Waals surface area contributed by atoms with Gasteiger partial charge in [0.15, 0.2) is 5.96 Å². The van der Waals surface area contributed by atoms with Crippen LogP contribution in [0.2, 0.25) is 0 Å². The lowest BCUT2D eigenvalue weighted by molar-refractivity contribution is -0.139. The molecule has 0 aliphatic rings. The lowest BCUT2D eigenvalue weighted by atomic mass is 10.2. The van der Waals surface area contributed by atoms with E-state index < -0.39 is 17.6 Å². The number of guanidine groups is 1. The molecule has 130 valence electrons. The van der Waals surface area contributed by atoms with Gasteiger partial charge in [0.05, 0.1) is 6.54 Å². The van der Waals surface area contributed by atoms with Crippen LogP contribution in [0.25, 0.3) is 0 Å². The third kappa shape index (κ3) is 7.21. The molecule has 0 spiro atoms. The number of pyridine rings is 1. The van der Waals surface area contributed by atoms with Gasteiger partial charge in [-0.15, -0.1) is 0 Å². The molecule has 2 N–H and O–H groups in total. The molecule has 1 aromatic heterocycles. The summed E-state index contributed by atoms with van der Waals surface area (Å²) in [5.74, 6) is 0.189. The molecule has 0 fully saturated rings. The first-order valence-corrected chi connectivity index (χ1v) is 7.58. The molecule has 0 atom stereocenters. The largest absolute Gasteiger partial charge is 0.475 e. The van der Waals surface area contributed by atoms with Crippen molar-refractivity contribution in [2.24, 2.45) is 4.99 Å². The molecular formula is C15H23F3N4O. The van der Waals surface area contributed by atoms with Gasteiger partial charge >= 0.3 is 6.18 Å². The van der Waals surface area contributed by atoms with Gasteiger partial charge in [-0.3, -0.25) is 4.99 Å². The van der Waals surface area contributed by atoms with Crippen LogP contribution in [0.5, 0.6) is 5.88 Å². The van der Waals surface area contributed by atoms with Crippen LogP contribution in [0.3, 0.4) is 0 Å². The monoisotopic (exact) mass is 332 g/mol. The zero-order valence-corrected chi connectivity index (χ0v) is 13.4. The van der Waals surface area contributed by atoms with Gasteiger partial charge in [0, 0.05) is 19.8 Å². The maximum Gasteiger partial charge on any atom is 0.421 e. The second-order valence-electron chi connectivity index (χ2n) is 4.84. The Kier molecular flexibility index (Phi) is 8.21. The highest BCUT2D eigenvalue weighted by atomic mass is 19.4. The van der Waals surface area contributed by atoms with E-state index in [1.54, 1.807) is 7.05 Å². The number of aliphatic imine (C=N–C) groups is 1. The fourth-order valence-electron chi connectivity index (χ4n) is 1.84. The zero-order chi connectivity index (χ0) is 17.1. The van der Waals surface area contributed by atoms with E-state index >= 15 is 0 Å². The standard InChI is InChI=1S/C15H23F3N4O/c1-3-4-5-8-21-14(19-2)22-10-11-23-13-12(15(16,17)18)7-6-9-20-13/h6-7,9H,3-5,8,10-11H2,1-2H3,(H2,19,21,22). The van der Waals surface area contributed by atoms with Crippen LogP contribution in [0.4, 0.5) is 13.2 Å². The molecule has 0 saturated heterocycles. The molecule has 0 bridgehead atoms. The Balaban J connectivity index is 2.37. The average molecular weight is 332 g/mol. The van der Waals surface area contributed by atoms with Crippen molar-refractivity contribution < 1.29 is 17.9 Å². The van der Waals surface area contributed by atoms with E-state index in [9.17, 15) is 13.2 Å². The van der Waals surface area contributed by atoms with E-state index in [0.29, 0.717) is 12.5 Å². The predicted molar refractivity (Wildman–Crippen MR) is 83.6 cm³/mol. The van der Waals surface area contributed by atoms with E-state index in [1.807, 2.05) is 0 Å². The van der Waals surface area contributed by atoms with E-state index in [4.69, 9.17) is 4.74 Å². The van der Waals surface area contributed by atoms with Crippen LogP contribution in [0.15, 0.2) is 23.3 Å². The topological polar surface area (TPSA) is 58.5 Å². The summed E-state index contributed by atoms with van der Waals surface area (Å²) in [5, 5.41) is 6.11. The molecule has 0 radical (unpaired) electrons. The smallest absolute Gasteiger partial charge is 0.421 e. The van der Waals surface area contributed by atoms with Gasteiger partial charge in [0.25, 0.3) is 0 Å². The summed E-state index contributed by atoms with van der Waals surface area (Å²) in [6, 6.07) is 2.18. The fraction of sp³-hybridized carbons (Fsp3) is 0.600. The summed E-state index contributed by atoms with van der Waals surface area (Å²) in [6.07, 6.45) is 0.0941. The Morgan fingerprint density at radius 1 is 1.26 bits per heavy atom. The van der Waals surface area contributed by atoms with E-state index in [1.165, 1.54) is 12.3 Å². The number of hydrogen-bond donors (Lipinski definition) is 2. The quantitative estimate of drug-likeness (QED) is 0.437. The number of hydrogen-bond acceptors (Lipinski definition) is 3. The lowest BCUT2D eigenvalue weighted by Crippen LogP contribution is -2.39. The minimum absolute atomic E-state index is 0.0513. The van der Waals surface area contributed by atoms with Gasteiger partial charge in [-0.2, -0.15) is 13.2 Å². The molecule has 0 aliphatic carbocycles. The number of unbranched alkanes of at least 4 members (excludes halogenated alkanes) is 2. The van der Waals surface area contributed by atoms with Crippen molar-refractivity contribution in [2.45, 2.75) is 32.4 Å². The van der Waals surface area contributed by atoms with Crippen LogP contribution in [0.1, 0.15) is 31.7 Å². The lowest BCUT2D eigenvalue weighted by Gasteiger charge is -2.14. The number of nitrogens with zero attached hydrogens (tertiary/aromatic N) is 2. The van der Waals surface area contributed by atoms with Crippen molar-refractivity contribution in [3.05, 3.63) is 23.9 Å². The first kappa shape index (κ1) is 19.1. The Hall–Kier alpha value is -1.99. The van der Waals surface area contributed by atoms with Gasteiger partial charge in [-0.1, -0.05) is 19.8 Å². The van der Waals surface area contributed by atoms with Crippen molar-refractivity contribution in [1.29, 1.82) is 0 Å². The van der Waals surface area contributed by atoms with E-state index in [0.717, 1.165) is 31.9 Å². The van der Waals surface area contributed by atoms with Crippen LogP contribution < -0.4 is 15.4 Å². The minimum atomic E-state index is -4.48. The summed E-state index contributed by atoms with van der Waals surface area (Å²) in [5.41, 5.74) is -0.873. The molecule has 1 aromatic rings. The molecule has 1 rings (SSSR count). The molecular weight excluding hydrogens is 309 g/mol. The molecule has 0 aliphatic heterocycles. The van der Waals surface area contributed by atoms with Crippen LogP contribution in [0, 0.1) is 0 Å². The van der Waals surface area contributed by atoms with Crippen molar-refractivity contribution in [3.63, 3.8) is 0 Å². The van der Waals surface area contributed by atoms with E-state index in [-0.39, 0.29) is 6.61 Å². The van der Waals surface area contributed by atoms with Crippen LogP contribution in [-0.4, -0.2) is 37.7 Å². The number of nitrogens with one attached hydrogen (secondary N) is 2. The molecule has 0 saturated carbocycles. The Morgan fingerprint density at radius 2 is 2.00 bits per heavy atom. The van der Waals surface area contributed by atoms with Crippen LogP contribution in [-0.2, 0) is 6.18 Å². The van der Waals surface area contributed by atoms with Gasteiger partial charge < -0.3 is 15.4 Å². The van der Waals surface area contributed by atoms with Gasteiger partial charge in [0.1, 0.15) is 12.2 Å². The summed E-state index contributed by atoms with van der Waals surface area (Å²) >= 11 is 0. The maximum absolute atomic E-state index is 12.8. The minimum Gasteiger partial charge on any atom is -0.475 e. The van der Waals surface area contributed by atoms with E-state index in [2.05, 4.69) is 27.5 Å².